The van der Waals surface area contributed by atoms with Gasteiger partial charge in [0.15, 0.2) is 0 Å². The second kappa shape index (κ2) is 6.57. The second-order valence-electron chi connectivity index (χ2n) is 4.90. The predicted molar refractivity (Wildman–Crippen MR) is 74.1 cm³/mol. The Morgan fingerprint density at radius 3 is 2.29 bits per heavy atom. The fraction of sp³-hybridized carbons (Fsp3) is 0.462. The molecule has 3 N–H and O–H groups in total. The standard InChI is InChI=1S/C13H16F3NO3S/c1-12(2,10(17)11(18)19)21-7-8-3-5-9(6-4-8)20-13(14,15)16/h3-6,10H,7,17H2,1-2H3,(H,18,19)/t10-/m0/s1. The summed E-state index contributed by atoms with van der Waals surface area (Å²) in [5.41, 5.74) is 6.34. The van der Waals surface area contributed by atoms with E-state index in [1.807, 2.05) is 0 Å². The average molecular weight is 323 g/mol. The molecule has 0 radical (unpaired) electrons. The lowest BCUT2D eigenvalue weighted by Gasteiger charge is -2.28. The van der Waals surface area contributed by atoms with E-state index in [-0.39, 0.29) is 5.75 Å². The molecule has 0 unspecified atom stereocenters. The summed E-state index contributed by atoms with van der Waals surface area (Å²) in [5, 5.41) is 8.90. The van der Waals surface area contributed by atoms with E-state index in [1.165, 1.54) is 36.0 Å². The Labute approximate surface area is 124 Å². The zero-order valence-electron chi connectivity index (χ0n) is 11.5. The summed E-state index contributed by atoms with van der Waals surface area (Å²) < 4.78 is 39.1. The number of carboxylic acid groups (broad SMARTS) is 1. The Hall–Kier alpha value is -1.41. The molecule has 0 aliphatic rings. The van der Waals surface area contributed by atoms with Crippen molar-refractivity contribution in [3.63, 3.8) is 0 Å². The van der Waals surface area contributed by atoms with E-state index in [0.29, 0.717) is 5.75 Å². The SMILES string of the molecule is CC(C)(SCc1ccc(OC(F)(F)F)cc1)[C@@H](N)C(=O)O. The summed E-state index contributed by atoms with van der Waals surface area (Å²) in [6, 6.07) is 4.39. The van der Waals surface area contributed by atoms with Crippen molar-refractivity contribution in [2.24, 2.45) is 5.73 Å². The number of ether oxygens (including phenoxy) is 1. The molecule has 1 aromatic carbocycles. The molecule has 0 aliphatic carbocycles. The van der Waals surface area contributed by atoms with Crippen LogP contribution in [0.5, 0.6) is 5.75 Å². The van der Waals surface area contributed by atoms with Crippen molar-refractivity contribution in [3.8, 4) is 5.75 Å². The molecule has 1 rings (SSSR count). The van der Waals surface area contributed by atoms with Crippen molar-refractivity contribution in [1.82, 2.24) is 0 Å². The fourth-order valence-electron chi connectivity index (χ4n) is 1.44. The number of halogens is 3. The van der Waals surface area contributed by atoms with Crippen LogP contribution in [-0.4, -0.2) is 28.2 Å². The summed E-state index contributed by atoms with van der Waals surface area (Å²) in [7, 11) is 0. The summed E-state index contributed by atoms with van der Waals surface area (Å²) in [4.78, 5) is 10.9. The van der Waals surface area contributed by atoms with Gasteiger partial charge in [-0.2, -0.15) is 0 Å². The third kappa shape index (κ3) is 5.84. The summed E-state index contributed by atoms with van der Waals surface area (Å²) >= 11 is 1.32. The minimum absolute atomic E-state index is 0.294. The van der Waals surface area contributed by atoms with Crippen LogP contribution in [0, 0.1) is 0 Å². The topological polar surface area (TPSA) is 72.5 Å². The summed E-state index contributed by atoms with van der Waals surface area (Å²) in [6.45, 7) is 3.41. The van der Waals surface area contributed by atoms with Gasteiger partial charge in [-0.1, -0.05) is 12.1 Å². The van der Waals surface area contributed by atoms with Crippen LogP contribution in [0.15, 0.2) is 24.3 Å². The maximum absolute atomic E-state index is 12.0. The van der Waals surface area contributed by atoms with Gasteiger partial charge < -0.3 is 15.6 Å². The van der Waals surface area contributed by atoms with Gasteiger partial charge in [0.25, 0.3) is 0 Å². The Morgan fingerprint density at radius 1 is 1.33 bits per heavy atom. The average Bonchev–Trinajstić information content (AvgIpc) is 2.35. The van der Waals surface area contributed by atoms with Gasteiger partial charge in [0.05, 0.1) is 0 Å². The molecule has 0 fully saturated rings. The zero-order chi connectivity index (χ0) is 16.3. The molecule has 0 bridgehead atoms. The quantitative estimate of drug-likeness (QED) is 0.842. The third-order valence-corrected chi connectivity index (χ3v) is 4.26. The first kappa shape index (κ1) is 17.6. The Kier molecular flexibility index (Phi) is 5.52. The van der Waals surface area contributed by atoms with E-state index < -0.39 is 23.1 Å². The van der Waals surface area contributed by atoms with Crippen LogP contribution in [0.2, 0.25) is 0 Å². The largest absolute Gasteiger partial charge is 0.573 e. The molecule has 118 valence electrons. The monoisotopic (exact) mass is 323 g/mol. The number of nitrogens with two attached hydrogens (primary N) is 1. The van der Waals surface area contributed by atoms with Crippen molar-refractivity contribution in [2.45, 2.75) is 36.8 Å². The first-order valence-electron chi connectivity index (χ1n) is 5.98. The van der Waals surface area contributed by atoms with E-state index in [1.54, 1.807) is 13.8 Å². The lowest BCUT2D eigenvalue weighted by atomic mass is 10.1. The highest BCUT2D eigenvalue weighted by Crippen LogP contribution is 2.31. The van der Waals surface area contributed by atoms with Crippen molar-refractivity contribution in [2.75, 3.05) is 0 Å². The highest BCUT2D eigenvalue weighted by molar-refractivity contribution is 7.99. The van der Waals surface area contributed by atoms with Crippen molar-refractivity contribution in [3.05, 3.63) is 29.8 Å². The summed E-state index contributed by atoms with van der Waals surface area (Å²) in [5.74, 6) is -0.959. The minimum Gasteiger partial charge on any atom is -0.480 e. The van der Waals surface area contributed by atoms with Crippen LogP contribution < -0.4 is 10.5 Å². The van der Waals surface area contributed by atoms with Gasteiger partial charge in [0, 0.05) is 10.5 Å². The molecule has 0 saturated carbocycles. The number of aliphatic carboxylic acids is 1. The number of alkyl halides is 3. The third-order valence-electron chi connectivity index (χ3n) is 2.78. The number of benzene rings is 1. The van der Waals surface area contributed by atoms with Crippen LogP contribution in [0.3, 0.4) is 0 Å². The van der Waals surface area contributed by atoms with Crippen molar-refractivity contribution < 1.29 is 27.8 Å². The van der Waals surface area contributed by atoms with Crippen LogP contribution in [-0.2, 0) is 10.5 Å². The number of carboxylic acids is 1. The van der Waals surface area contributed by atoms with Gasteiger partial charge >= 0.3 is 12.3 Å². The molecule has 21 heavy (non-hydrogen) atoms. The molecule has 8 heteroatoms. The van der Waals surface area contributed by atoms with E-state index >= 15 is 0 Å². The Bertz CT molecular complexity index is 488. The fourth-order valence-corrected chi connectivity index (χ4v) is 2.46. The van der Waals surface area contributed by atoms with Gasteiger partial charge in [-0.15, -0.1) is 24.9 Å². The summed E-state index contributed by atoms with van der Waals surface area (Å²) in [6.07, 6.45) is -4.72. The normalized spacial score (nSPS) is 13.8. The molecular formula is C13H16F3NO3S. The van der Waals surface area contributed by atoms with E-state index in [9.17, 15) is 18.0 Å². The zero-order valence-corrected chi connectivity index (χ0v) is 12.3. The van der Waals surface area contributed by atoms with Crippen LogP contribution >= 0.6 is 11.8 Å². The molecular weight excluding hydrogens is 307 g/mol. The van der Waals surface area contributed by atoms with Crippen LogP contribution in [0.25, 0.3) is 0 Å². The second-order valence-corrected chi connectivity index (χ2v) is 6.53. The van der Waals surface area contributed by atoms with E-state index in [2.05, 4.69) is 4.74 Å². The van der Waals surface area contributed by atoms with Crippen LogP contribution in [0.4, 0.5) is 13.2 Å². The molecule has 1 aromatic rings. The van der Waals surface area contributed by atoms with Crippen molar-refractivity contribution in [1.29, 1.82) is 0 Å². The number of hydrogen-bond donors (Lipinski definition) is 2. The molecule has 4 nitrogen and oxygen atoms in total. The smallest absolute Gasteiger partial charge is 0.480 e. The van der Waals surface area contributed by atoms with Gasteiger partial charge in [0.2, 0.25) is 0 Å². The van der Waals surface area contributed by atoms with Gasteiger partial charge in [-0.3, -0.25) is 4.79 Å². The van der Waals surface area contributed by atoms with Crippen molar-refractivity contribution >= 4 is 17.7 Å². The van der Waals surface area contributed by atoms with E-state index in [4.69, 9.17) is 10.8 Å². The van der Waals surface area contributed by atoms with Gasteiger partial charge in [0.1, 0.15) is 11.8 Å². The molecule has 0 amide bonds. The highest BCUT2D eigenvalue weighted by Gasteiger charge is 2.33. The maximum Gasteiger partial charge on any atom is 0.573 e. The highest BCUT2D eigenvalue weighted by atomic mass is 32.2. The molecule has 0 heterocycles. The molecule has 0 aromatic heterocycles. The maximum atomic E-state index is 12.0. The Morgan fingerprint density at radius 2 is 1.86 bits per heavy atom. The Balaban J connectivity index is 2.63. The van der Waals surface area contributed by atoms with Gasteiger partial charge in [-0.25, -0.2) is 0 Å². The lowest BCUT2D eigenvalue weighted by Crippen LogP contribution is -2.46. The molecule has 0 aliphatic heterocycles. The molecule has 1 atom stereocenters. The molecule has 0 spiro atoms. The number of carbonyl (C=O) groups is 1. The molecule has 0 saturated heterocycles. The van der Waals surface area contributed by atoms with Crippen LogP contribution in [0.1, 0.15) is 19.4 Å². The first-order chi connectivity index (χ1) is 9.51. The lowest BCUT2D eigenvalue weighted by molar-refractivity contribution is -0.274. The number of hydrogen-bond acceptors (Lipinski definition) is 4. The number of rotatable bonds is 6. The van der Waals surface area contributed by atoms with Gasteiger partial charge in [-0.05, 0) is 31.5 Å². The first-order valence-corrected chi connectivity index (χ1v) is 6.97. The van der Waals surface area contributed by atoms with E-state index in [0.717, 1.165) is 5.56 Å². The predicted octanol–water partition coefficient (Wildman–Crippen LogP) is 3.01. The number of thioether (sulfide) groups is 1. The minimum atomic E-state index is -4.72.